The Morgan fingerprint density at radius 3 is 2.44 bits per heavy atom. The van der Waals surface area contributed by atoms with E-state index in [0.717, 1.165) is 27.7 Å². The van der Waals surface area contributed by atoms with Gasteiger partial charge in [-0.25, -0.2) is 0 Å². The van der Waals surface area contributed by atoms with E-state index in [1.165, 1.54) is 11.8 Å². The fraction of sp³-hybridized carbons (Fsp3) is 0.182. The number of fused-ring (bicyclic) bond motifs is 1. The average molecular weight is 379 g/mol. The summed E-state index contributed by atoms with van der Waals surface area (Å²) >= 11 is 1.40. The van der Waals surface area contributed by atoms with Gasteiger partial charge in [0.05, 0.1) is 5.75 Å². The van der Waals surface area contributed by atoms with E-state index < -0.39 is 5.97 Å². The predicted molar refractivity (Wildman–Crippen MR) is 109 cm³/mol. The van der Waals surface area contributed by atoms with Crippen molar-refractivity contribution in [2.75, 3.05) is 18.9 Å². The van der Waals surface area contributed by atoms with Crippen molar-refractivity contribution in [3.8, 4) is 0 Å². The number of nitrogens with one attached hydrogen (secondary N) is 1. The number of thioether (sulfide) groups is 1. The monoisotopic (exact) mass is 379 g/mol. The Hall–Kier alpha value is -2.79. The van der Waals surface area contributed by atoms with E-state index in [0.29, 0.717) is 6.54 Å². The molecule has 0 saturated heterocycles. The highest BCUT2D eigenvalue weighted by molar-refractivity contribution is 8.00. The minimum Gasteiger partial charge on any atom is -0.455 e. The maximum atomic E-state index is 11.9. The van der Waals surface area contributed by atoms with Crippen LogP contribution in [0.5, 0.6) is 0 Å². The van der Waals surface area contributed by atoms with Gasteiger partial charge in [-0.2, -0.15) is 0 Å². The molecular weight excluding hydrogens is 358 g/mol. The molecule has 3 rings (SSSR count). The Morgan fingerprint density at radius 1 is 0.889 bits per heavy atom. The largest absolute Gasteiger partial charge is 0.455 e. The van der Waals surface area contributed by atoms with Crippen molar-refractivity contribution >= 4 is 34.4 Å². The molecule has 0 atom stereocenters. The van der Waals surface area contributed by atoms with Crippen LogP contribution >= 0.6 is 11.8 Å². The molecule has 0 unspecified atom stereocenters. The van der Waals surface area contributed by atoms with Gasteiger partial charge >= 0.3 is 5.97 Å². The summed E-state index contributed by atoms with van der Waals surface area (Å²) in [5, 5.41) is 5.05. The summed E-state index contributed by atoms with van der Waals surface area (Å²) in [5.41, 5.74) is 1.15. The molecule has 0 aromatic heterocycles. The highest BCUT2D eigenvalue weighted by atomic mass is 32.2. The summed E-state index contributed by atoms with van der Waals surface area (Å²) in [7, 11) is 0. The molecular formula is C22H21NO3S. The van der Waals surface area contributed by atoms with Gasteiger partial charge < -0.3 is 10.1 Å². The van der Waals surface area contributed by atoms with Crippen molar-refractivity contribution in [2.45, 2.75) is 11.3 Å². The van der Waals surface area contributed by atoms with E-state index in [1.54, 1.807) is 0 Å². The Labute approximate surface area is 162 Å². The summed E-state index contributed by atoms with van der Waals surface area (Å²) in [6.07, 6.45) is 0.748. The molecule has 138 valence electrons. The molecule has 3 aromatic carbocycles. The smallest absolute Gasteiger partial charge is 0.316 e. The van der Waals surface area contributed by atoms with Gasteiger partial charge in [-0.15, -0.1) is 11.8 Å². The van der Waals surface area contributed by atoms with Crippen molar-refractivity contribution in [3.63, 3.8) is 0 Å². The number of esters is 1. The van der Waals surface area contributed by atoms with Crippen molar-refractivity contribution in [1.82, 2.24) is 5.32 Å². The number of benzene rings is 3. The first-order chi connectivity index (χ1) is 13.2. The van der Waals surface area contributed by atoms with Crippen LogP contribution < -0.4 is 5.32 Å². The fourth-order valence-electron chi connectivity index (χ4n) is 2.63. The molecule has 5 heteroatoms. The van der Waals surface area contributed by atoms with Gasteiger partial charge in [0.15, 0.2) is 6.61 Å². The lowest BCUT2D eigenvalue weighted by molar-refractivity contribution is -0.145. The third-order valence-corrected chi connectivity index (χ3v) is 4.99. The molecule has 4 nitrogen and oxygen atoms in total. The van der Waals surface area contributed by atoms with E-state index in [2.05, 4.69) is 11.4 Å². The van der Waals surface area contributed by atoms with Crippen LogP contribution in [0.3, 0.4) is 0 Å². The third-order valence-electron chi connectivity index (χ3n) is 4.02. The molecule has 0 aliphatic carbocycles. The maximum Gasteiger partial charge on any atom is 0.316 e. The van der Waals surface area contributed by atoms with Crippen LogP contribution in [0.4, 0.5) is 0 Å². The molecule has 0 aliphatic rings. The molecule has 0 fully saturated rings. The predicted octanol–water partition coefficient (Wildman–Crippen LogP) is 3.83. The highest BCUT2D eigenvalue weighted by Crippen LogP contribution is 2.23. The normalized spacial score (nSPS) is 10.5. The zero-order valence-corrected chi connectivity index (χ0v) is 15.7. The maximum absolute atomic E-state index is 11.9. The van der Waals surface area contributed by atoms with Gasteiger partial charge in [0.1, 0.15) is 0 Å². The number of hydrogen-bond acceptors (Lipinski definition) is 4. The topological polar surface area (TPSA) is 55.4 Å². The molecule has 0 bridgehead atoms. The summed E-state index contributed by atoms with van der Waals surface area (Å²) in [6.45, 7) is 0.276. The van der Waals surface area contributed by atoms with Gasteiger partial charge in [0, 0.05) is 11.4 Å². The number of carbonyl (C=O) groups is 2. The van der Waals surface area contributed by atoms with Gasteiger partial charge in [0.2, 0.25) is 0 Å². The van der Waals surface area contributed by atoms with Crippen molar-refractivity contribution < 1.29 is 14.3 Å². The van der Waals surface area contributed by atoms with Crippen LogP contribution in [0.1, 0.15) is 5.56 Å². The molecule has 27 heavy (non-hydrogen) atoms. The Morgan fingerprint density at radius 2 is 1.63 bits per heavy atom. The molecule has 0 radical (unpaired) electrons. The van der Waals surface area contributed by atoms with Crippen LogP contribution in [0, 0.1) is 0 Å². The SMILES string of the molecule is O=C(COC(=O)CSc1ccc2ccccc2c1)NCCc1ccccc1. The second kappa shape index (κ2) is 9.78. The number of carbonyl (C=O) groups excluding carboxylic acids is 2. The second-order valence-electron chi connectivity index (χ2n) is 6.04. The summed E-state index contributed by atoms with van der Waals surface area (Å²) in [6, 6.07) is 24.0. The summed E-state index contributed by atoms with van der Waals surface area (Å²) in [5.74, 6) is -0.503. The van der Waals surface area contributed by atoms with Crippen LogP contribution in [0.2, 0.25) is 0 Å². The third kappa shape index (κ3) is 6.15. The number of hydrogen-bond donors (Lipinski definition) is 1. The molecule has 0 spiro atoms. The highest BCUT2D eigenvalue weighted by Gasteiger charge is 2.08. The van der Waals surface area contributed by atoms with Crippen LogP contribution in [-0.2, 0) is 20.7 Å². The van der Waals surface area contributed by atoms with Crippen molar-refractivity contribution in [3.05, 3.63) is 78.4 Å². The second-order valence-corrected chi connectivity index (χ2v) is 7.09. The summed E-state index contributed by atoms with van der Waals surface area (Å²) in [4.78, 5) is 24.6. The van der Waals surface area contributed by atoms with E-state index in [4.69, 9.17) is 4.74 Å². The van der Waals surface area contributed by atoms with E-state index in [-0.39, 0.29) is 18.3 Å². The van der Waals surface area contributed by atoms with E-state index in [9.17, 15) is 9.59 Å². The van der Waals surface area contributed by atoms with Crippen LogP contribution in [0.15, 0.2) is 77.7 Å². The lowest BCUT2D eigenvalue weighted by atomic mass is 10.1. The molecule has 0 saturated carbocycles. The Kier molecular flexibility index (Phi) is 6.88. The molecule has 0 heterocycles. The quantitative estimate of drug-likeness (QED) is 0.477. The Bertz CT molecular complexity index is 912. The molecule has 1 amide bonds. The number of amides is 1. The van der Waals surface area contributed by atoms with Gasteiger partial charge in [-0.1, -0.05) is 60.7 Å². The molecule has 1 N–H and O–H groups in total. The molecule has 0 aliphatic heterocycles. The van der Waals surface area contributed by atoms with Gasteiger partial charge in [0.25, 0.3) is 5.91 Å². The van der Waals surface area contributed by atoms with Crippen LogP contribution in [0.25, 0.3) is 10.8 Å². The van der Waals surface area contributed by atoms with Gasteiger partial charge in [-0.3, -0.25) is 9.59 Å². The minimum absolute atomic E-state index is 0.176. The number of ether oxygens (including phenoxy) is 1. The minimum atomic E-state index is -0.397. The first kappa shape index (κ1) is 19.0. The zero-order valence-electron chi connectivity index (χ0n) is 14.9. The standard InChI is InChI=1S/C22H21NO3S/c24-21(23-13-12-17-6-2-1-3-7-17)15-26-22(25)16-27-20-11-10-18-8-4-5-9-19(18)14-20/h1-11,14H,12-13,15-16H2,(H,23,24). The van der Waals surface area contributed by atoms with Crippen molar-refractivity contribution in [2.24, 2.45) is 0 Å². The zero-order chi connectivity index (χ0) is 18.9. The lowest BCUT2D eigenvalue weighted by Gasteiger charge is -2.07. The first-order valence-corrected chi connectivity index (χ1v) is 9.77. The fourth-order valence-corrected chi connectivity index (χ4v) is 3.37. The van der Waals surface area contributed by atoms with E-state index in [1.807, 2.05) is 66.7 Å². The number of rotatable bonds is 8. The molecule has 3 aromatic rings. The first-order valence-electron chi connectivity index (χ1n) is 8.78. The lowest BCUT2D eigenvalue weighted by Crippen LogP contribution is -2.30. The van der Waals surface area contributed by atoms with Crippen LogP contribution in [-0.4, -0.2) is 30.8 Å². The summed E-state index contributed by atoms with van der Waals surface area (Å²) < 4.78 is 5.04. The van der Waals surface area contributed by atoms with Crippen molar-refractivity contribution in [1.29, 1.82) is 0 Å². The average Bonchev–Trinajstić information content (AvgIpc) is 2.71. The Balaban J connectivity index is 1.35. The van der Waals surface area contributed by atoms with Gasteiger partial charge in [-0.05, 0) is 34.9 Å². The van der Waals surface area contributed by atoms with E-state index >= 15 is 0 Å².